The molecular formula is C14H18N4O3. The summed E-state index contributed by atoms with van der Waals surface area (Å²) in [5, 5.41) is 11.0. The first-order valence-electron chi connectivity index (χ1n) is 7.14. The highest BCUT2D eigenvalue weighted by molar-refractivity contribution is 5.84. The second-order valence-corrected chi connectivity index (χ2v) is 5.44. The van der Waals surface area contributed by atoms with E-state index in [0.717, 1.165) is 25.9 Å². The summed E-state index contributed by atoms with van der Waals surface area (Å²) in [6.07, 6.45) is 1.87. The lowest BCUT2D eigenvalue weighted by Gasteiger charge is -2.35. The summed E-state index contributed by atoms with van der Waals surface area (Å²) in [4.78, 5) is 17.0. The topological polar surface area (TPSA) is 98.4 Å². The van der Waals surface area contributed by atoms with E-state index in [9.17, 15) is 10.1 Å². The molecule has 1 aliphatic rings. The number of para-hydroxylation sites is 1. The molecule has 2 unspecified atom stereocenters. The van der Waals surface area contributed by atoms with Gasteiger partial charge in [-0.1, -0.05) is 19.4 Å². The number of nitrogens with two attached hydrogens (primary N) is 1. The van der Waals surface area contributed by atoms with E-state index in [4.69, 9.17) is 10.2 Å². The third-order valence-electron chi connectivity index (χ3n) is 4.17. The second kappa shape index (κ2) is 5.33. The number of nitro benzene ring substituents is 1. The average Bonchev–Trinajstić information content (AvgIpc) is 2.91. The van der Waals surface area contributed by atoms with Gasteiger partial charge >= 0.3 is 0 Å². The van der Waals surface area contributed by atoms with Crippen LogP contribution in [-0.4, -0.2) is 29.0 Å². The molecule has 1 aromatic heterocycles. The van der Waals surface area contributed by atoms with Crippen molar-refractivity contribution in [3.8, 4) is 0 Å². The van der Waals surface area contributed by atoms with Gasteiger partial charge in [0.25, 0.3) is 11.7 Å². The summed E-state index contributed by atoms with van der Waals surface area (Å²) >= 11 is 0. The number of non-ortho nitro benzene ring substituents is 1. The van der Waals surface area contributed by atoms with Crippen LogP contribution >= 0.6 is 0 Å². The van der Waals surface area contributed by atoms with E-state index in [1.54, 1.807) is 12.1 Å². The maximum absolute atomic E-state index is 11.0. The number of hydrogen-bond acceptors (Lipinski definition) is 6. The van der Waals surface area contributed by atoms with E-state index in [-0.39, 0.29) is 11.7 Å². The van der Waals surface area contributed by atoms with E-state index < -0.39 is 4.92 Å². The standard InChI is InChI=1S/C14H18N4O3/c1-2-9-8-17(7-6-10(9)15)14-16-13-11(18(19)20)4-3-5-12(13)21-14/h3-5,9-10H,2,6-8,15H2,1H3. The van der Waals surface area contributed by atoms with Crippen LogP contribution in [0.25, 0.3) is 11.1 Å². The largest absolute Gasteiger partial charge is 0.423 e. The molecule has 3 rings (SSSR count). The van der Waals surface area contributed by atoms with E-state index in [0.29, 0.717) is 23.0 Å². The van der Waals surface area contributed by atoms with Crippen LogP contribution in [0.4, 0.5) is 11.7 Å². The summed E-state index contributed by atoms with van der Waals surface area (Å²) < 4.78 is 5.70. The Morgan fingerprint density at radius 1 is 1.57 bits per heavy atom. The Morgan fingerprint density at radius 2 is 2.38 bits per heavy atom. The Balaban J connectivity index is 1.94. The third kappa shape index (κ3) is 2.44. The highest BCUT2D eigenvalue weighted by Gasteiger charge is 2.28. The number of oxazole rings is 1. The van der Waals surface area contributed by atoms with Crippen LogP contribution in [0.1, 0.15) is 19.8 Å². The zero-order valence-corrected chi connectivity index (χ0v) is 11.9. The van der Waals surface area contributed by atoms with Gasteiger partial charge in [0, 0.05) is 25.2 Å². The molecule has 7 heteroatoms. The zero-order valence-electron chi connectivity index (χ0n) is 11.9. The van der Waals surface area contributed by atoms with Crippen molar-refractivity contribution in [3.05, 3.63) is 28.3 Å². The molecule has 0 saturated carbocycles. The molecule has 0 radical (unpaired) electrons. The average molecular weight is 290 g/mol. The van der Waals surface area contributed by atoms with E-state index in [2.05, 4.69) is 11.9 Å². The lowest BCUT2D eigenvalue weighted by molar-refractivity contribution is -0.383. The summed E-state index contributed by atoms with van der Waals surface area (Å²) in [5.74, 6) is 0.392. The molecule has 0 bridgehead atoms. The predicted octanol–water partition coefficient (Wildman–Crippen LogP) is 2.30. The van der Waals surface area contributed by atoms with Gasteiger partial charge < -0.3 is 15.1 Å². The first kappa shape index (κ1) is 13.8. The maximum Gasteiger partial charge on any atom is 0.298 e. The predicted molar refractivity (Wildman–Crippen MR) is 79.2 cm³/mol. The highest BCUT2D eigenvalue weighted by Crippen LogP contribution is 2.31. The van der Waals surface area contributed by atoms with Gasteiger partial charge in [-0.25, -0.2) is 0 Å². The quantitative estimate of drug-likeness (QED) is 0.688. The van der Waals surface area contributed by atoms with E-state index >= 15 is 0 Å². The lowest BCUT2D eigenvalue weighted by Crippen LogP contribution is -2.47. The number of rotatable bonds is 3. The Bertz CT molecular complexity index is 669. The van der Waals surface area contributed by atoms with Crippen LogP contribution in [-0.2, 0) is 0 Å². The molecule has 0 aliphatic carbocycles. The fourth-order valence-corrected chi connectivity index (χ4v) is 2.86. The molecule has 0 spiro atoms. The molecule has 2 aromatic rings. The van der Waals surface area contributed by atoms with Gasteiger partial charge in [-0.15, -0.1) is 0 Å². The molecule has 1 fully saturated rings. The second-order valence-electron chi connectivity index (χ2n) is 5.44. The normalized spacial score (nSPS) is 22.7. The van der Waals surface area contributed by atoms with E-state index in [1.807, 2.05) is 4.90 Å². The molecule has 2 N–H and O–H groups in total. The molecule has 1 aromatic carbocycles. The number of fused-ring (bicyclic) bond motifs is 1. The van der Waals surface area contributed by atoms with E-state index in [1.165, 1.54) is 6.07 Å². The minimum absolute atomic E-state index is 0.0248. The lowest BCUT2D eigenvalue weighted by atomic mass is 9.91. The summed E-state index contributed by atoms with van der Waals surface area (Å²) in [7, 11) is 0. The minimum Gasteiger partial charge on any atom is -0.423 e. The van der Waals surface area contributed by atoms with Crippen LogP contribution in [0.2, 0.25) is 0 Å². The molecule has 21 heavy (non-hydrogen) atoms. The Kier molecular flexibility index (Phi) is 3.50. The van der Waals surface area contributed by atoms with Crippen molar-refractivity contribution in [2.45, 2.75) is 25.8 Å². The minimum atomic E-state index is -0.435. The van der Waals surface area contributed by atoms with Crippen molar-refractivity contribution in [1.29, 1.82) is 0 Å². The van der Waals surface area contributed by atoms with Crippen LogP contribution in [0, 0.1) is 16.0 Å². The Morgan fingerprint density at radius 3 is 3.10 bits per heavy atom. The SMILES string of the molecule is CCC1CN(c2nc3c([N+](=O)[O-])cccc3o2)CCC1N. The third-order valence-corrected chi connectivity index (χ3v) is 4.17. The monoisotopic (exact) mass is 290 g/mol. The van der Waals surface area contributed by atoms with Crippen LogP contribution in [0.3, 0.4) is 0 Å². The molecule has 112 valence electrons. The number of benzene rings is 1. The number of anilines is 1. The number of nitro groups is 1. The number of aromatic nitrogens is 1. The first-order chi connectivity index (χ1) is 10.1. The van der Waals surface area contributed by atoms with Gasteiger partial charge in [-0.2, -0.15) is 4.98 Å². The van der Waals surface area contributed by atoms with Gasteiger partial charge in [-0.05, 0) is 18.4 Å². The smallest absolute Gasteiger partial charge is 0.298 e. The molecular weight excluding hydrogens is 272 g/mol. The Labute approximate surface area is 121 Å². The van der Waals surface area contributed by atoms with Gasteiger partial charge in [0.2, 0.25) is 0 Å². The maximum atomic E-state index is 11.0. The van der Waals surface area contributed by atoms with Crippen LogP contribution < -0.4 is 10.6 Å². The Hall–Kier alpha value is -2.15. The summed E-state index contributed by atoms with van der Waals surface area (Å²) in [6, 6.07) is 5.40. The van der Waals surface area contributed by atoms with Gasteiger partial charge in [0.1, 0.15) is 0 Å². The summed E-state index contributed by atoms with van der Waals surface area (Å²) in [6.45, 7) is 3.65. The van der Waals surface area contributed by atoms with Crippen molar-refractivity contribution in [2.24, 2.45) is 11.7 Å². The van der Waals surface area contributed by atoms with Crippen molar-refractivity contribution in [2.75, 3.05) is 18.0 Å². The van der Waals surface area contributed by atoms with Crippen molar-refractivity contribution >= 4 is 22.8 Å². The molecule has 1 aliphatic heterocycles. The molecule has 2 atom stereocenters. The van der Waals surface area contributed by atoms with Gasteiger partial charge in [0.15, 0.2) is 11.1 Å². The summed E-state index contributed by atoms with van der Waals surface area (Å²) in [5.41, 5.74) is 6.83. The number of piperidine rings is 1. The molecule has 7 nitrogen and oxygen atoms in total. The fraction of sp³-hybridized carbons (Fsp3) is 0.500. The van der Waals surface area contributed by atoms with Crippen molar-refractivity contribution < 1.29 is 9.34 Å². The number of nitrogens with zero attached hydrogens (tertiary/aromatic N) is 3. The highest BCUT2D eigenvalue weighted by atomic mass is 16.6. The van der Waals surface area contributed by atoms with Gasteiger partial charge in [-0.3, -0.25) is 10.1 Å². The molecule has 0 amide bonds. The van der Waals surface area contributed by atoms with Crippen molar-refractivity contribution in [3.63, 3.8) is 0 Å². The number of hydrogen-bond donors (Lipinski definition) is 1. The zero-order chi connectivity index (χ0) is 15.0. The first-order valence-corrected chi connectivity index (χ1v) is 7.14. The fourth-order valence-electron chi connectivity index (χ4n) is 2.86. The van der Waals surface area contributed by atoms with Crippen molar-refractivity contribution in [1.82, 2.24) is 4.98 Å². The molecule has 1 saturated heterocycles. The van der Waals surface area contributed by atoms with Crippen LogP contribution in [0.15, 0.2) is 22.6 Å². The van der Waals surface area contributed by atoms with Crippen LogP contribution in [0.5, 0.6) is 0 Å². The van der Waals surface area contributed by atoms with Gasteiger partial charge in [0.05, 0.1) is 4.92 Å². The molecule has 2 heterocycles.